The predicted molar refractivity (Wildman–Crippen MR) is 82.7 cm³/mol. The normalized spacial score (nSPS) is 11.5. The predicted octanol–water partition coefficient (Wildman–Crippen LogP) is 3.99. The number of aromatic hydroxyl groups is 1. The van der Waals surface area contributed by atoms with Crippen LogP contribution in [0.2, 0.25) is 5.02 Å². The number of fused-ring (bicyclic) bond motifs is 1. The summed E-state index contributed by atoms with van der Waals surface area (Å²) in [4.78, 5) is 7.05. The van der Waals surface area contributed by atoms with Gasteiger partial charge in [0.1, 0.15) is 5.75 Å². The van der Waals surface area contributed by atoms with E-state index >= 15 is 0 Å². The van der Waals surface area contributed by atoms with Crippen LogP contribution in [0.1, 0.15) is 11.1 Å². The third kappa shape index (κ3) is 2.47. The van der Waals surface area contributed by atoms with Crippen molar-refractivity contribution in [3.8, 4) is 11.8 Å². The Morgan fingerprint density at radius 2 is 2.24 bits per heavy atom. The number of H-pyrrole nitrogens is 1. The topological polar surface area (TPSA) is 72.7 Å². The van der Waals surface area contributed by atoms with Crippen molar-refractivity contribution >= 4 is 34.2 Å². The molecule has 0 aliphatic carbocycles. The number of aromatic amines is 1. The number of nitrogens with zero attached hydrogens (tertiary/aromatic N) is 2. The third-order valence-corrected chi connectivity index (χ3v) is 3.42. The molecule has 2 N–H and O–H groups in total. The molecule has 3 aromatic rings. The molecule has 0 fully saturated rings. The Bertz CT molecular complexity index is 890. The first-order valence-corrected chi connectivity index (χ1v) is 6.58. The monoisotopic (exact) mass is 295 g/mol. The molecule has 0 atom stereocenters. The Hall–Kier alpha value is -2.77. The zero-order valence-electron chi connectivity index (χ0n) is 10.8. The van der Waals surface area contributed by atoms with E-state index in [1.54, 1.807) is 24.4 Å². The van der Waals surface area contributed by atoms with Crippen LogP contribution < -0.4 is 0 Å². The number of nitriles is 1. The molecular weight excluding hydrogens is 286 g/mol. The van der Waals surface area contributed by atoms with Gasteiger partial charge in [0, 0.05) is 45.6 Å². The maximum absolute atomic E-state index is 9.79. The van der Waals surface area contributed by atoms with E-state index in [1.165, 1.54) is 18.5 Å². The van der Waals surface area contributed by atoms with Crippen molar-refractivity contribution in [2.75, 3.05) is 0 Å². The second kappa shape index (κ2) is 5.31. The van der Waals surface area contributed by atoms with E-state index in [-0.39, 0.29) is 5.75 Å². The average molecular weight is 296 g/mol. The lowest BCUT2D eigenvalue weighted by Crippen LogP contribution is -1.82. The fourth-order valence-corrected chi connectivity index (χ4v) is 2.32. The molecule has 0 aliphatic rings. The van der Waals surface area contributed by atoms with Gasteiger partial charge in [0.2, 0.25) is 0 Å². The van der Waals surface area contributed by atoms with Crippen molar-refractivity contribution in [1.29, 1.82) is 5.26 Å². The lowest BCUT2D eigenvalue weighted by atomic mass is 10.0. The molecule has 2 heterocycles. The van der Waals surface area contributed by atoms with Gasteiger partial charge in [-0.25, -0.2) is 0 Å². The Labute approximate surface area is 125 Å². The molecule has 1 aromatic carbocycles. The van der Waals surface area contributed by atoms with E-state index in [0.29, 0.717) is 16.2 Å². The van der Waals surface area contributed by atoms with Crippen LogP contribution in [0.5, 0.6) is 5.75 Å². The number of nitrogens with one attached hydrogen (secondary N) is 1. The van der Waals surface area contributed by atoms with E-state index in [2.05, 4.69) is 16.0 Å². The smallest absolute Gasteiger partial charge is 0.125 e. The summed E-state index contributed by atoms with van der Waals surface area (Å²) in [5.41, 5.74) is 2.54. The summed E-state index contributed by atoms with van der Waals surface area (Å²) < 4.78 is 0. The van der Waals surface area contributed by atoms with Crippen molar-refractivity contribution in [3.63, 3.8) is 0 Å². The number of hydrogen-bond donors (Lipinski definition) is 2. The van der Waals surface area contributed by atoms with Gasteiger partial charge in [-0.05, 0) is 30.3 Å². The summed E-state index contributed by atoms with van der Waals surface area (Å²) in [5.74, 6) is 0.0793. The molecule has 0 radical (unpaired) electrons. The largest absolute Gasteiger partial charge is 0.507 e. The molecule has 0 aliphatic heterocycles. The molecule has 3 rings (SSSR count). The van der Waals surface area contributed by atoms with Crippen molar-refractivity contribution in [2.45, 2.75) is 0 Å². The first kappa shape index (κ1) is 13.2. The summed E-state index contributed by atoms with van der Waals surface area (Å²) in [6.45, 7) is 0. The highest BCUT2D eigenvalue weighted by Gasteiger charge is 2.10. The van der Waals surface area contributed by atoms with Gasteiger partial charge in [0.15, 0.2) is 0 Å². The highest BCUT2D eigenvalue weighted by atomic mass is 35.5. The Morgan fingerprint density at radius 1 is 1.38 bits per heavy atom. The van der Waals surface area contributed by atoms with Crippen molar-refractivity contribution < 1.29 is 5.11 Å². The van der Waals surface area contributed by atoms with E-state index in [4.69, 9.17) is 11.6 Å². The zero-order chi connectivity index (χ0) is 14.8. The standard InChI is InChI=1S/C16H10ClN3O/c17-12-1-2-15-13(6-12)14(9-20-15)10(7-18)5-11-8-19-4-3-16(11)21/h1-6,8-9,20H,(H,19,21)/b10-5+. The number of hydrogen-bond acceptors (Lipinski definition) is 3. The van der Waals surface area contributed by atoms with E-state index in [0.717, 1.165) is 16.5 Å². The first-order valence-electron chi connectivity index (χ1n) is 6.21. The third-order valence-electron chi connectivity index (χ3n) is 3.18. The molecule has 4 nitrogen and oxygen atoms in total. The summed E-state index contributed by atoms with van der Waals surface area (Å²) in [6.07, 6.45) is 6.36. The SMILES string of the molecule is N#C/C(=C\c1cnccc1O)c1c[nH]c2ccc(Cl)cc12. The van der Waals surface area contributed by atoms with Crippen molar-refractivity contribution in [1.82, 2.24) is 9.97 Å². The van der Waals surface area contributed by atoms with Gasteiger partial charge in [0.25, 0.3) is 0 Å². The van der Waals surface area contributed by atoms with Gasteiger partial charge in [0.05, 0.1) is 11.6 Å². The van der Waals surface area contributed by atoms with Crippen LogP contribution in [-0.4, -0.2) is 15.1 Å². The van der Waals surface area contributed by atoms with Crippen LogP contribution in [0.4, 0.5) is 0 Å². The minimum atomic E-state index is 0.0793. The van der Waals surface area contributed by atoms with Gasteiger partial charge < -0.3 is 10.1 Å². The Balaban J connectivity index is 2.18. The number of benzene rings is 1. The van der Waals surface area contributed by atoms with E-state index in [9.17, 15) is 10.4 Å². The van der Waals surface area contributed by atoms with Crippen LogP contribution in [0.15, 0.2) is 42.9 Å². The van der Waals surface area contributed by atoms with Crippen LogP contribution in [0.3, 0.4) is 0 Å². The summed E-state index contributed by atoms with van der Waals surface area (Å²) in [6, 6.07) is 9.08. The molecule has 2 aromatic heterocycles. The minimum absolute atomic E-state index is 0.0793. The summed E-state index contributed by atoms with van der Waals surface area (Å²) in [5, 5.41) is 20.7. The second-order valence-electron chi connectivity index (χ2n) is 4.50. The quantitative estimate of drug-likeness (QED) is 0.702. The van der Waals surface area contributed by atoms with Crippen LogP contribution in [0.25, 0.3) is 22.6 Å². The van der Waals surface area contributed by atoms with Crippen molar-refractivity contribution in [3.05, 3.63) is 59.0 Å². The van der Waals surface area contributed by atoms with E-state index < -0.39 is 0 Å². The molecule has 0 unspecified atom stereocenters. The maximum atomic E-state index is 9.79. The van der Waals surface area contributed by atoms with Crippen LogP contribution in [0, 0.1) is 11.3 Å². The molecule has 102 valence electrons. The van der Waals surface area contributed by atoms with Gasteiger partial charge in [-0.15, -0.1) is 0 Å². The molecule has 0 saturated heterocycles. The molecule has 21 heavy (non-hydrogen) atoms. The highest BCUT2D eigenvalue weighted by molar-refractivity contribution is 6.31. The molecule has 0 saturated carbocycles. The van der Waals surface area contributed by atoms with Gasteiger partial charge in [-0.2, -0.15) is 5.26 Å². The number of aromatic nitrogens is 2. The molecule has 0 amide bonds. The minimum Gasteiger partial charge on any atom is -0.507 e. The first-order chi connectivity index (χ1) is 10.2. The van der Waals surface area contributed by atoms with Crippen LogP contribution in [-0.2, 0) is 0 Å². The molecular formula is C16H10ClN3O. The lowest BCUT2D eigenvalue weighted by molar-refractivity contribution is 0.473. The average Bonchev–Trinajstić information content (AvgIpc) is 2.89. The van der Waals surface area contributed by atoms with E-state index in [1.807, 2.05) is 6.07 Å². The Kier molecular flexibility index (Phi) is 3.35. The second-order valence-corrected chi connectivity index (χ2v) is 4.93. The van der Waals surface area contributed by atoms with Crippen LogP contribution >= 0.6 is 11.6 Å². The van der Waals surface area contributed by atoms with Gasteiger partial charge in [-0.3, -0.25) is 4.98 Å². The molecule has 0 bridgehead atoms. The molecule has 0 spiro atoms. The fraction of sp³-hybridized carbons (Fsp3) is 0. The number of rotatable bonds is 2. The lowest BCUT2D eigenvalue weighted by Gasteiger charge is -2.00. The summed E-state index contributed by atoms with van der Waals surface area (Å²) >= 11 is 6.01. The van der Waals surface area contributed by atoms with Crippen molar-refractivity contribution in [2.24, 2.45) is 0 Å². The number of allylic oxidation sites excluding steroid dienone is 1. The fourth-order valence-electron chi connectivity index (χ4n) is 2.15. The number of pyridine rings is 1. The number of halogens is 1. The maximum Gasteiger partial charge on any atom is 0.125 e. The Morgan fingerprint density at radius 3 is 3.00 bits per heavy atom. The van der Waals surface area contributed by atoms with Gasteiger partial charge in [-0.1, -0.05) is 11.6 Å². The highest BCUT2D eigenvalue weighted by Crippen LogP contribution is 2.29. The molecule has 5 heteroatoms. The summed E-state index contributed by atoms with van der Waals surface area (Å²) in [7, 11) is 0. The zero-order valence-corrected chi connectivity index (χ0v) is 11.6. The van der Waals surface area contributed by atoms with Gasteiger partial charge >= 0.3 is 0 Å².